The summed E-state index contributed by atoms with van der Waals surface area (Å²) < 4.78 is 5.59. The third kappa shape index (κ3) is 3.26. The molecule has 1 aliphatic heterocycles. The van der Waals surface area contributed by atoms with Crippen LogP contribution in [0.1, 0.15) is 39.7 Å². The highest BCUT2D eigenvalue weighted by Gasteiger charge is 2.33. The molecule has 0 saturated carbocycles. The molecular formula is C23H23NO2S. The van der Waals surface area contributed by atoms with Crippen molar-refractivity contribution in [3.63, 3.8) is 0 Å². The van der Waals surface area contributed by atoms with E-state index in [4.69, 9.17) is 4.74 Å². The van der Waals surface area contributed by atoms with Crippen LogP contribution in [0, 0.1) is 6.92 Å². The molecule has 0 spiro atoms. The monoisotopic (exact) mass is 377 g/mol. The standard InChI is InChI=1S/C23H23NO2S/c1-16-13-15-27-22(16)23(25)24-14-7-11-20(24)18-9-4-3-8-17(18)19-10-5-6-12-21(19)26-2/h3-6,8-10,12-13,15,20H,7,11,14H2,1-2H3/t20-/m0/s1. The van der Waals surface area contributed by atoms with Gasteiger partial charge in [0.05, 0.1) is 18.0 Å². The van der Waals surface area contributed by atoms with Crippen molar-refractivity contribution in [3.8, 4) is 16.9 Å². The molecule has 4 rings (SSSR count). The van der Waals surface area contributed by atoms with E-state index in [1.54, 1.807) is 7.11 Å². The minimum absolute atomic E-state index is 0.0973. The topological polar surface area (TPSA) is 29.5 Å². The highest BCUT2D eigenvalue weighted by molar-refractivity contribution is 7.12. The van der Waals surface area contributed by atoms with Gasteiger partial charge in [-0.3, -0.25) is 4.79 Å². The molecule has 138 valence electrons. The van der Waals surface area contributed by atoms with E-state index in [0.29, 0.717) is 0 Å². The molecule has 1 saturated heterocycles. The Morgan fingerprint density at radius 2 is 1.81 bits per heavy atom. The van der Waals surface area contributed by atoms with Crippen molar-refractivity contribution in [1.82, 2.24) is 4.90 Å². The minimum atomic E-state index is 0.0973. The molecular weight excluding hydrogens is 354 g/mol. The molecule has 4 heteroatoms. The number of nitrogens with zero attached hydrogens (tertiary/aromatic N) is 1. The number of rotatable bonds is 4. The van der Waals surface area contributed by atoms with Gasteiger partial charge < -0.3 is 9.64 Å². The molecule has 3 aromatic rings. The normalized spacial score (nSPS) is 16.5. The third-order valence-electron chi connectivity index (χ3n) is 5.29. The van der Waals surface area contributed by atoms with Gasteiger partial charge >= 0.3 is 0 Å². The number of methoxy groups -OCH3 is 1. The summed E-state index contributed by atoms with van der Waals surface area (Å²) in [5.41, 5.74) is 4.47. The van der Waals surface area contributed by atoms with Crippen LogP contribution in [0.5, 0.6) is 5.75 Å². The Labute approximate surface area is 164 Å². The first-order valence-corrected chi connectivity index (χ1v) is 10.2. The fourth-order valence-electron chi connectivity index (χ4n) is 3.96. The molecule has 2 aromatic carbocycles. The van der Waals surface area contributed by atoms with E-state index in [9.17, 15) is 4.79 Å². The molecule has 0 unspecified atom stereocenters. The molecule has 0 radical (unpaired) electrons. The van der Waals surface area contributed by atoms with Crippen LogP contribution in [0.2, 0.25) is 0 Å². The predicted molar refractivity (Wildman–Crippen MR) is 110 cm³/mol. The summed E-state index contributed by atoms with van der Waals surface area (Å²) in [4.78, 5) is 16.1. The van der Waals surface area contributed by atoms with Gasteiger partial charge in [-0.25, -0.2) is 0 Å². The van der Waals surface area contributed by atoms with Gasteiger partial charge in [-0.1, -0.05) is 42.5 Å². The zero-order chi connectivity index (χ0) is 18.8. The highest BCUT2D eigenvalue weighted by Crippen LogP contribution is 2.41. The van der Waals surface area contributed by atoms with Crippen molar-refractivity contribution in [2.45, 2.75) is 25.8 Å². The van der Waals surface area contributed by atoms with Gasteiger partial charge in [-0.2, -0.15) is 0 Å². The third-order valence-corrected chi connectivity index (χ3v) is 6.29. The first-order valence-electron chi connectivity index (χ1n) is 9.28. The van der Waals surface area contributed by atoms with E-state index in [1.165, 1.54) is 16.9 Å². The molecule has 0 aliphatic carbocycles. The number of hydrogen-bond donors (Lipinski definition) is 0. The summed E-state index contributed by atoms with van der Waals surface area (Å²) in [6.45, 7) is 2.82. The van der Waals surface area contributed by atoms with Gasteiger partial charge in [0, 0.05) is 12.1 Å². The van der Waals surface area contributed by atoms with E-state index in [0.717, 1.165) is 46.7 Å². The van der Waals surface area contributed by atoms with Crippen molar-refractivity contribution >= 4 is 17.2 Å². The second-order valence-corrected chi connectivity index (χ2v) is 7.79. The summed E-state index contributed by atoms with van der Waals surface area (Å²) >= 11 is 1.54. The Morgan fingerprint density at radius 1 is 1.07 bits per heavy atom. The summed E-state index contributed by atoms with van der Waals surface area (Å²) in [6, 6.07) is 18.6. The zero-order valence-electron chi connectivity index (χ0n) is 15.6. The van der Waals surface area contributed by atoms with Gasteiger partial charge in [0.1, 0.15) is 5.75 Å². The molecule has 2 heterocycles. The largest absolute Gasteiger partial charge is 0.496 e. The maximum absolute atomic E-state index is 13.2. The number of hydrogen-bond acceptors (Lipinski definition) is 3. The Balaban J connectivity index is 1.75. The number of carbonyl (C=O) groups excluding carboxylic acids is 1. The number of benzene rings is 2. The van der Waals surface area contributed by atoms with E-state index in [-0.39, 0.29) is 11.9 Å². The lowest BCUT2D eigenvalue weighted by Gasteiger charge is -2.27. The van der Waals surface area contributed by atoms with Gasteiger partial charge in [-0.15, -0.1) is 11.3 Å². The number of para-hydroxylation sites is 1. The van der Waals surface area contributed by atoms with E-state index >= 15 is 0 Å². The van der Waals surface area contributed by atoms with Crippen LogP contribution in [-0.2, 0) is 0 Å². The maximum atomic E-state index is 13.2. The van der Waals surface area contributed by atoms with E-state index in [2.05, 4.69) is 30.3 Å². The van der Waals surface area contributed by atoms with Crippen molar-refractivity contribution in [3.05, 3.63) is 76.0 Å². The van der Waals surface area contributed by atoms with Crippen LogP contribution in [0.25, 0.3) is 11.1 Å². The average molecular weight is 378 g/mol. The van der Waals surface area contributed by atoms with Gasteiger partial charge in [0.15, 0.2) is 0 Å². The fraction of sp³-hybridized carbons (Fsp3) is 0.261. The Morgan fingerprint density at radius 3 is 2.56 bits per heavy atom. The van der Waals surface area contributed by atoms with Crippen molar-refractivity contribution < 1.29 is 9.53 Å². The first-order chi connectivity index (χ1) is 13.2. The number of amides is 1. The number of carbonyl (C=O) groups is 1. The summed E-state index contributed by atoms with van der Waals surface area (Å²) in [5, 5.41) is 2.00. The quantitative estimate of drug-likeness (QED) is 0.583. The average Bonchev–Trinajstić information content (AvgIpc) is 3.36. The SMILES string of the molecule is COc1ccccc1-c1ccccc1[C@@H]1CCCN1C(=O)c1sccc1C. The number of thiophene rings is 1. The summed E-state index contributed by atoms with van der Waals surface area (Å²) in [7, 11) is 1.70. The predicted octanol–water partition coefficient (Wildman–Crippen LogP) is 5.71. The van der Waals surface area contributed by atoms with Gasteiger partial charge in [0.25, 0.3) is 5.91 Å². The molecule has 1 aliphatic rings. The Kier molecular flexibility index (Phi) is 4.99. The van der Waals surface area contributed by atoms with Crippen LogP contribution in [-0.4, -0.2) is 24.5 Å². The smallest absolute Gasteiger partial charge is 0.264 e. The van der Waals surface area contributed by atoms with Crippen LogP contribution >= 0.6 is 11.3 Å². The van der Waals surface area contributed by atoms with Crippen LogP contribution in [0.3, 0.4) is 0 Å². The molecule has 1 fully saturated rings. The van der Waals surface area contributed by atoms with Crippen LogP contribution in [0.4, 0.5) is 0 Å². The van der Waals surface area contributed by atoms with Crippen molar-refractivity contribution in [2.75, 3.05) is 13.7 Å². The van der Waals surface area contributed by atoms with E-state index < -0.39 is 0 Å². The second-order valence-electron chi connectivity index (χ2n) is 6.88. The van der Waals surface area contributed by atoms with Crippen LogP contribution < -0.4 is 4.74 Å². The molecule has 3 nitrogen and oxygen atoms in total. The zero-order valence-corrected chi connectivity index (χ0v) is 16.5. The molecule has 1 amide bonds. The Bertz CT molecular complexity index is 962. The second kappa shape index (κ2) is 7.57. The molecule has 1 atom stereocenters. The molecule has 0 N–H and O–H groups in total. The number of ether oxygens (including phenoxy) is 1. The Hall–Kier alpha value is -2.59. The molecule has 27 heavy (non-hydrogen) atoms. The lowest BCUT2D eigenvalue weighted by atomic mass is 9.93. The lowest BCUT2D eigenvalue weighted by Crippen LogP contribution is -2.30. The van der Waals surface area contributed by atoms with Crippen LogP contribution in [0.15, 0.2) is 60.0 Å². The van der Waals surface area contributed by atoms with E-state index in [1.807, 2.05) is 41.5 Å². The summed E-state index contributed by atoms with van der Waals surface area (Å²) in [6.07, 6.45) is 2.02. The van der Waals surface area contributed by atoms with Gasteiger partial charge in [-0.05, 0) is 54.0 Å². The maximum Gasteiger partial charge on any atom is 0.264 e. The number of aryl methyl sites for hydroxylation is 1. The summed E-state index contributed by atoms with van der Waals surface area (Å²) in [5.74, 6) is 1.01. The highest BCUT2D eigenvalue weighted by atomic mass is 32.1. The van der Waals surface area contributed by atoms with Crippen molar-refractivity contribution in [2.24, 2.45) is 0 Å². The molecule has 1 aromatic heterocycles. The van der Waals surface area contributed by atoms with Gasteiger partial charge in [0.2, 0.25) is 0 Å². The molecule has 0 bridgehead atoms. The fourth-order valence-corrected chi connectivity index (χ4v) is 4.84. The minimum Gasteiger partial charge on any atom is -0.496 e. The first kappa shape index (κ1) is 17.8. The number of likely N-dealkylation sites (tertiary alicyclic amines) is 1. The lowest BCUT2D eigenvalue weighted by molar-refractivity contribution is 0.0740. The van der Waals surface area contributed by atoms with Crippen molar-refractivity contribution in [1.29, 1.82) is 0 Å².